The van der Waals surface area contributed by atoms with Crippen LogP contribution in [0.1, 0.15) is 45.5 Å². The fourth-order valence-electron chi connectivity index (χ4n) is 4.13. The van der Waals surface area contributed by atoms with Crippen LogP contribution >= 0.6 is 11.6 Å². The summed E-state index contributed by atoms with van der Waals surface area (Å²) in [6.07, 6.45) is 0.896. The quantitative estimate of drug-likeness (QED) is 0.400. The van der Waals surface area contributed by atoms with Gasteiger partial charge in [-0.25, -0.2) is 14.6 Å². The Morgan fingerprint density at radius 3 is 2.26 bits per heavy atom. The minimum Gasteiger partial charge on any atom is -0.349 e. The first-order valence-corrected chi connectivity index (χ1v) is 11.6. The Morgan fingerprint density at radius 2 is 1.62 bits per heavy atom. The number of halogens is 1. The van der Waals surface area contributed by atoms with E-state index in [0.29, 0.717) is 17.4 Å². The van der Waals surface area contributed by atoms with Gasteiger partial charge in [0.05, 0.1) is 18.2 Å². The molecule has 6 nitrogen and oxygen atoms in total. The van der Waals surface area contributed by atoms with E-state index >= 15 is 0 Å². The van der Waals surface area contributed by atoms with Crippen LogP contribution in [0.5, 0.6) is 0 Å². The van der Waals surface area contributed by atoms with Crippen LogP contribution in [0.25, 0.3) is 5.95 Å². The van der Waals surface area contributed by atoms with Crippen molar-refractivity contribution in [3.8, 4) is 5.95 Å². The van der Waals surface area contributed by atoms with E-state index in [1.807, 2.05) is 88.4 Å². The van der Waals surface area contributed by atoms with Crippen LogP contribution < -0.4 is 5.32 Å². The molecule has 1 amide bonds. The summed E-state index contributed by atoms with van der Waals surface area (Å²) >= 11 is 6.05. The molecule has 1 atom stereocenters. The molecule has 0 fully saturated rings. The molecule has 4 aromatic rings. The Labute approximate surface area is 205 Å². The van der Waals surface area contributed by atoms with Gasteiger partial charge < -0.3 is 5.32 Å². The summed E-state index contributed by atoms with van der Waals surface area (Å²) in [7, 11) is 0. The molecule has 0 saturated heterocycles. The lowest BCUT2D eigenvalue weighted by Crippen LogP contribution is -2.31. The summed E-state index contributed by atoms with van der Waals surface area (Å²) in [5.41, 5.74) is 6.46. The van der Waals surface area contributed by atoms with Gasteiger partial charge in [-0.15, -0.1) is 0 Å². The van der Waals surface area contributed by atoms with Crippen molar-refractivity contribution in [2.45, 2.75) is 46.6 Å². The van der Waals surface area contributed by atoms with Gasteiger partial charge in [-0.05, 0) is 63.4 Å². The zero-order valence-corrected chi connectivity index (χ0v) is 20.6. The van der Waals surface area contributed by atoms with Crippen molar-refractivity contribution >= 4 is 17.5 Å². The maximum absolute atomic E-state index is 13.2. The molecule has 0 aliphatic carbocycles. The fraction of sp³-hybridized carbons (Fsp3) is 0.259. The largest absolute Gasteiger partial charge is 0.349 e. The second kappa shape index (κ2) is 10.2. The molecule has 174 valence electrons. The first kappa shape index (κ1) is 23.6. The van der Waals surface area contributed by atoms with Crippen molar-refractivity contribution in [2.24, 2.45) is 0 Å². The summed E-state index contributed by atoms with van der Waals surface area (Å²) in [4.78, 5) is 22.2. The minimum absolute atomic E-state index is 0.0603. The van der Waals surface area contributed by atoms with Crippen molar-refractivity contribution < 1.29 is 4.79 Å². The van der Waals surface area contributed by atoms with Gasteiger partial charge in [-0.1, -0.05) is 54.1 Å². The van der Waals surface area contributed by atoms with Crippen LogP contribution in [0.4, 0.5) is 0 Å². The number of aromatic nitrogens is 4. The fourth-order valence-corrected chi connectivity index (χ4v) is 4.25. The molecule has 2 heterocycles. The normalized spacial score (nSPS) is 11.9. The van der Waals surface area contributed by atoms with Gasteiger partial charge in [0.25, 0.3) is 5.95 Å². The number of carbonyl (C=O) groups is 1. The van der Waals surface area contributed by atoms with Crippen molar-refractivity contribution in [3.63, 3.8) is 0 Å². The Morgan fingerprint density at radius 1 is 0.971 bits per heavy atom. The van der Waals surface area contributed by atoms with Gasteiger partial charge in [-0.3, -0.25) is 4.79 Å². The molecule has 0 spiro atoms. The minimum atomic E-state index is -0.159. The zero-order valence-electron chi connectivity index (χ0n) is 19.8. The SMILES string of the molecule is Cc1cc(C)nc(-n2nc(C)c(CC(=O)NC(Cc3ccc(Cl)cc3)c3ccccc3)c2C)n1. The molecule has 0 aliphatic heterocycles. The standard InChI is InChI=1S/C27H28ClN5O/c1-17-14-18(2)30-27(29-17)33-20(4)24(19(3)32-33)16-26(34)31-25(22-8-6-5-7-9-22)15-21-10-12-23(28)13-11-21/h5-14,25H,15-16H2,1-4H3,(H,31,34). The van der Waals surface area contributed by atoms with Gasteiger partial charge >= 0.3 is 0 Å². The maximum atomic E-state index is 13.2. The van der Waals surface area contributed by atoms with Crippen LogP contribution in [0, 0.1) is 27.7 Å². The molecular formula is C27H28ClN5O. The molecule has 0 radical (unpaired) electrons. The number of hydrogen-bond acceptors (Lipinski definition) is 4. The summed E-state index contributed by atoms with van der Waals surface area (Å²) in [5, 5.41) is 8.55. The average molecular weight is 474 g/mol. The van der Waals surface area contributed by atoms with Crippen molar-refractivity contribution in [2.75, 3.05) is 0 Å². The van der Waals surface area contributed by atoms with E-state index in [1.165, 1.54) is 0 Å². The molecule has 0 aliphatic rings. The Kier molecular flexibility index (Phi) is 7.08. The topological polar surface area (TPSA) is 72.7 Å². The van der Waals surface area contributed by atoms with Crippen LogP contribution in [0.3, 0.4) is 0 Å². The monoisotopic (exact) mass is 473 g/mol. The van der Waals surface area contributed by atoms with Crippen LogP contribution in [0.2, 0.25) is 5.02 Å². The number of rotatable bonds is 7. The smallest absolute Gasteiger partial charge is 0.251 e. The second-order valence-corrected chi connectivity index (χ2v) is 8.99. The van der Waals surface area contributed by atoms with E-state index in [1.54, 1.807) is 4.68 Å². The molecule has 1 N–H and O–H groups in total. The van der Waals surface area contributed by atoms with E-state index in [-0.39, 0.29) is 18.4 Å². The highest BCUT2D eigenvalue weighted by Gasteiger charge is 2.20. The van der Waals surface area contributed by atoms with E-state index in [4.69, 9.17) is 11.6 Å². The lowest BCUT2D eigenvalue weighted by Gasteiger charge is -2.20. The molecule has 7 heteroatoms. The predicted molar refractivity (Wildman–Crippen MR) is 134 cm³/mol. The second-order valence-electron chi connectivity index (χ2n) is 8.55. The number of benzene rings is 2. The van der Waals surface area contributed by atoms with E-state index < -0.39 is 0 Å². The molecule has 4 rings (SSSR count). The molecule has 0 bridgehead atoms. The number of nitrogens with zero attached hydrogens (tertiary/aromatic N) is 4. The van der Waals surface area contributed by atoms with E-state index in [2.05, 4.69) is 20.4 Å². The Hall–Kier alpha value is -3.51. The Balaban J connectivity index is 1.56. The third-order valence-corrected chi connectivity index (χ3v) is 6.08. The first-order valence-electron chi connectivity index (χ1n) is 11.3. The lowest BCUT2D eigenvalue weighted by molar-refractivity contribution is -0.121. The molecular weight excluding hydrogens is 446 g/mol. The summed E-state index contributed by atoms with van der Waals surface area (Å²) < 4.78 is 1.72. The van der Waals surface area contributed by atoms with Gasteiger partial charge in [0, 0.05) is 27.7 Å². The lowest BCUT2D eigenvalue weighted by atomic mass is 9.98. The van der Waals surface area contributed by atoms with Gasteiger partial charge in [0.2, 0.25) is 5.91 Å². The highest BCUT2D eigenvalue weighted by atomic mass is 35.5. The Bertz CT molecular complexity index is 1280. The molecule has 34 heavy (non-hydrogen) atoms. The van der Waals surface area contributed by atoms with Crippen LogP contribution in [0.15, 0.2) is 60.7 Å². The summed E-state index contributed by atoms with van der Waals surface area (Å²) in [5.74, 6) is 0.463. The average Bonchev–Trinajstić information content (AvgIpc) is 3.08. The zero-order chi connectivity index (χ0) is 24.2. The number of nitrogens with one attached hydrogen (secondary N) is 1. The first-order chi connectivity index (χ1) is 16.3. The van der Waals surface area contributed by atoms with Crippen molar-refractivity contribution in [1.29, 1.82) is 0 Å². The van der Waals surface area contributed by atoms with Gasteiger partial charge in [0.15, 0.2) is 0 Å². The summed E-state index contributed by atoms with van der Waals surface area (Å²) in [6.45, 7) is 7.73. The molecule has 2 aromatic carbocycles. The number of aryl methyl sites for hydroxylation is 3. The van der Waals surface area contributed by atoms with Crippen LogP contribution in [-0.2, 0) is 17.6 Å². The number of amides is 1. The number of carbonyl (C=O) groups excluding carboxylic acids is 1. The third-order valence-electron chi connectivity index (χ3n) is 5.83. The maximum Gasteiger partial charge on any atom is 0.251 e. The van der Waals surface area contributed by atoms with E-state index in [9.17, 15) is 4.79 Å². The van der Waals surface area contributed by atoms with E-state index in [0.717, 1.165) is 39.5 Å². The molecule has 2 aromatic heterocycles. The molecule has 1 unspecified atom stereocenters. The van der Waals surface area contributed by atoms with Crippen molar-refractivity contribution in [3.05, 3.63) is 105 Å². The van der Waals surface area contributed by atoms with Gasteiger partial charge in [-0.2, -0.15) is 5.10 Å². The highest BCUT2D eigenvalue weighted by molar-refractivity contribution is 6.30. The van der Waals surface area contributed by atoms with Crippen molar-refractivity contribution in [1.82, 2.24) is 25.1 Å². The highest BCUT2D eigenvalue weighted by Crippen LogP contribution is 2.22. The summed E-state index contributed by atoms with van der Waals surface area (Å²) in [6, 6.07) is 19.5. The predicted octanol–water partition coefficient (Wildman–Crippen LogP) is 5.19. The van der Waals surface area contributed by atoms with Crippen LogP contribution in [-0.4, -0.2) is 25.7 Å². The third kappa shape index (κ3) is 5.51. The molecule has 0 saturated carbocycles. The van der Waals surface area contributed by atoms with Gasteiger partial charge in [0.1, 0.15) is 0 Å². The number of hydrogen-bond donors (Lipinski definition) is 1.